The van der Waals surface area contributed by atoms with Crippen molar-refractivity contribution in [2.75, 3.05) is 6.54 Å². The summed E-state index contributed by atoms with van der Waals surface area (Å²) >= 11 is 1.30. The van der Waals surface area contributed by atoms with E-state index in [1.165, 1.54) is 35.2 Å². The van der Waals surface area contributed by atoms with Crippen molar-refractivity contribution in [2.45, 2.75) is 23.2 Å². The number of rotatable bonds is 11. The van der Waals surface area contributed by atoms with Gasteiger partial charge in [0, 0.05) is 18.0 Å². The fourth-order valence-corrected chi connectivity index (χ4v) is 5.71. The van der Waals surface area contributed by atoms with Gasteiger partial charge in [-0.05, 0) is 29.7 Å². The number of hydrogen-bond donors (Lipinski definition) is 1. The Hall–Kier alpha value is -5.02. The molecule has 0 unspecified atom stereocenters. The third-order valence-electron chi connectivity index (χ3n) is 6.99. The fraction of sp³-hybridized carbons (Fsp3) is 0.118. The van der Waals surface area contributed by atoms with Crippen LogP contribution in [0.1, 0.15) is 39.8 Å². The minimum absolute atomic E-state index is 0.152. The van der Waals surface area contributed by atoms with Gasteiger partial charge in [0.05, 0.1) is 11.4 Å². The molecule has 4 aromatic carbocycles. The molecule has 1 N–H and O–H groups in total. The molecule has 0 aliphatic rings. The molecule has 0 aliphatic heterocycles. The topological polar surface area (TPSA) is 85.8 Å². The van der Waals surface area contributed by atoms with Crippen molar-refractivity contribution in [3.8, 4) is 17.1 Å². The monoisotopic (exact) mass is 589 g/mol. The van der Waals surface area contributed by atoms with Crippen LogP contribution < -0.4 is 5.32 Å². The molecule has 0 fully saturated rings. The predicted octanol–water partition coefficient (Wildman–Crippen LogP) is 7.31. The number of carbonyl (C=O) groups excluding carboxylic acids is 1. The number of nitrogens with one attached hydrogen (secondary N) is 1. The average Bonchev–Trinajstić information content (AvgIpc) is 3.71. The lowest BCUT2D eigenvalue weighted by atomic mass is 9.88. The summed E-state index contributed by atoms with van der Waals surface area (Å²) in [5, 5.41) is 12.1. The predicted molar refractivity (Wildman–Crippen MR) is 164 cm³/mol. The number of hydrogen-bond acceptors (Lipinski definition) is 6. The zero-order valence-electron chi connectivity index (χ0n) is 23.1. The van der Waals surface area contributed by atoms with Crippen LogP contribution in [0.25, 0.3) is 17.1 Å². The van der Waals surface area contributed by atoms with Gasteiger partial charge in [0.1, 0.15) is 12.1 Å². The average molecular weight is 590 g/mol. The second kappa shape index (κ2) is 13.3. The molecule has 0 saturated heterocycles. The number of amides is 1. The van der Waals surface area contributed by atoms with Crippen molar-refractivity contribution in [1.29, 1.82) is 0 Å². The van der Waals surface area contributed by atoms with Crippen LogP contribution in [-0.4, -0.2) is 32.2 Å². The SMILES string of the molecule is O=C(NCCC(c1ccccc1)c1ccccc1)c1coc(CSc2nnc(-c3ccccc3)n2-c2ccccc2F)n1. The number of thioether (sulfide) groups is 1. The van der Waals surface area contributed by atoms with Gasteiger partial charge in [0.2, 0.25) is 5.89 Å². The summed E-state index contributed by atoms with van der Waals surface area (Å²) in [5.41, 5.74) is 3.74. The summed E-state index contributed by atoms with van der Waals surface area (Å²) in [6.07, 6.45) is 2.09. The largest absolute Gasteiger partial charge is 0.447 e. The third kappa shape index (κ3) is 6.57. The highest BCUT2D eigenvalue weighted by atomic mass is 32.2. The van der Waals surface area contributed by atoms with Crippen molar-refractivity contribution in [2.24, 2.45) is 0 Å². The van der Waals surface area contributed by atoms with E-state index in [0.29, 0.717) is 29.1 Å². The van der Waals surface area contributed by atoms with Crippen molar-refractivity contribution in [1.82, 2.24) is 25.1 Å². The number of nitrogens with zero attached hydrogens (tertiary/aromatic N) is 4. The van der Waals surface area contributed by atoms with Crippen molar-refractivity contribution in [3.05, 3.63) is 150 Å². The molecule has 214 valence electrons. The Kier molecular flexibility index (Phi) is 8.70. The van der Waals surface area contributed by atoms with Gasteiger partial charge in [-0.2, -0.15) is 0 Å². The molecule has 7 nitrogen and oxygen atoms in total. The Morgan fingerprint density at radius 3 is 2.14 bits per heavy atom. The lowest BCUT2D eigenvalue weighted by molar-refractivity contribution is 0.0947. The number of halogens is 1. The standard InChI is InChI=1S/C34H28FN5O2S/c35-28-18-10-11-19-30(28)40-32(26-16-8-3-9-17-26)38-39-34(40)43-23-31-37-29(22-42-31)33(41)36-21-20-27(24-12-4-1-5-13-24)25-14-6-2-7-15-25/h1-19,22,27H,20-21,23H2,(H,36,41). The van der Waals surface area contributed by atoms with E-state index in [2.05, 4.69) is 44.8 Å². The van der Waals surface area contributed by atoms with Crippen LogP contribution in [-0.2, 0) is 5.75 Å². The van der Waals surface area contributed by atoms with Gasteiger partial charge >= 0.3 is 0 Å². The maximum atomic E-state index is 14.9. The van der Waals surface area contributed by atoms with E-state index in [9.17, 15) is 9.18 Å². The number of carbonyl (C=O) groups is 1. The zero-order chi connectivity index (χ0) is 29.4. The lowest BCUT2D eigenvalue weighted by Crippen LogP contribution is -2.26. The molecular weight excluding hydrogens is 561 g/mol. The highest BCUT2D eigenvalue weighted by Gasteiger charge is 2.20. The van der Waals surface area contributed by atoms with Crippen LogP contribution in [0.2, 0.25) is 0 Å². The Balaban J connectivity index is 1.12. The Bertz CT molecular complexity index is 1750. The van der Waals surface area contributed by atoms with Crippen molar-refractivity contribution >= 4 is 17.7 Å². The second-order valence-electron chi connectivity index (χ2n) is 9.79. The smallest absolute Gasteiger partial charge is 0.273 e. The number of aromatic nitrogens is 4. The van der Waals surface area contributed by atoms with Crippen LogP contribution >= 0.6 is 11.8 Å². The summed E-state index contributed by atoms with van der Waals surface area (Å²) in [6, 6.07) is 36.5. The molecule has 0 bridgehead atoms. The first-order valence-electron chi connectivity index (χ1n) is 13.9. The molecule has 2 heterocycles. The van der Waals surface area contributed by atoms with Gasteiger partial charge in [-0.15, -0.1) is 10.2 Å². The van der Waals surface area contributed by atoms with Crippen LogP contribution in [0.4, 0.5) is 4.39 Å². The summed E-state index contributed by atoms with van der Waals surface area (Å²) in [4.78, 5) is 17.3. The van der Waals surface area contributed by atoms with E-state index in [4.69, 9.17) is 4.42 Å². The van der Waals surface area contributed by atoms with Crippen LogP contribution in [0.3, 0.4) is 0 Å². The first-order valence-corrected chi connectivity index (χ1v) is 14.9. The van der Waals surface area contributed by atoms with Crippen molar-refractivity contribution < 1.29 is 13.6 Å². The molecule has 0 saturated carbocycles. The number of para-hydroxylation sites is 1. The van der Waals surface area contributed by atoms with Crippen LogP contribution in [0, 0.1) is 5.82 Å². The molecule has 9 heteroatoms. The maximum absolute atomic E-state index is 14.9. The molecule has 2 aromatic heterocycles. The molecule has 0 atom stereocenters. The highest BCUT2D eigenvalue weighted by Crippen LogP contribution is 2.31. The normalized spacial score (nSPS) is 11.1. The zero-order valence-corrected chi connectivity index (χ0v) is 24.0. The highest BCUT2D eigenvalue weighted by molar-refractivity contribution is 7.98. The molecule has 0 radical (unpaired) electrons. The molecular formula is C34H28FN5O2S. The summed E-state index contributed by atoms with van der Waals surface area (Å²) < 4.78 is 22.2. The summed E-state index contributed by atoms with van der Waals surface area (Å²) in [5.74, 6) is 0.605. The summed E-state index contributed by atoms with van der Waals surface area (Å²) in [7, 11) is 0. The van der Waals surface area contributed by atoms with Gasteiger partial charge < -0.3 is 9.73 Å². The van der Waals surface area contributed by atoms with Crippen molar-refractivity contribution in [3.63, 3.8) is 0 Å². The lowest BCUT2D eigenvalue weighted by Gasteiger charge is -2.18. The second-order valence-corrected chi connectivity index (χ2v) is 10.7. The first kappa shape index (κ1) is 28.1. The maximum Gasteiger partial charge on any atom is 0.273 e. The Morgan fingerprint density at radius 1 is 0.837 bits per heavy atom. The third-order valence-corrected chi connectivity index (χ3v) is 7.90. The van der Waals surface area contributed by atoms with E-state index in [1.54, 1.807) is 22.8 Å². The minimum atomic E-state index is -0.391. The Labute approximate surface area is 252 Å². The van der Waals surface area contributed by atoms with Crippen LogP contribution in [0.15, 0.2) is 131 Å². The van der Waals surface area contributed by atoms with E-state index in [-0.39, 0.29) is 23.3 Å². The van der Waals surface area contributed by atoms with Crippen LogP contribution in [0.5, 0.6) is 0 Å². The van der Waals surface area contributed by atoms with E-state index >= 15 is 0 Å². The minimum Gasteiger partial charge on any atom is -0.447 e. The molecule has 6 aromatic rings. The van der Waals surface area contributed by atoms with E-state index in [0.717, 1.165) is 12.0 Å². The Morgan fingerprint density at radius 2 is 1.47 bits per heavy atom. The fourth-order valence-electron chi connectivity index (χ4n) is 4.91. The van der Waals surface area contributed by atoms with Gasteiger partial charge in [-0.25, -0.2) is 9.37 Å². The van der Waals surface area contributed by atoms with E-state index in [1.807, 2.05) is 66.7 Å². The van der Waals surface area contributed by atoms with Gasteiger partial charge in [-0.1, -0.05) is 115 Å². The quantitative estimate of drug-likeness (QED) is 0.160. The molecule has 43 heavy (non-hydrogen) atoms. The summed E-state index contributed by atoms with van der Waals surface area (Å²) in [6.45, 7) is 0.470. The number of benzene rings is 4. The molecule has 0 aliphatic carbocycles. The molecule has 1 amide bonds. The number of oxazole rings is 1. The first-order chi connectivity index (χ1) is 21.2. The van der Waals surface area contributed by atoms with E-state index < -0.39 is 5.82 Å². The van der Waals surface area contributed by atoms with Gasteiger partial charge in [0.25, 0.3) is 5.91 Å². The van der Waals surface area contributed by atoms with Gasteiger partial charge in [0.15, 0.2) is 16.7 Å². The van der Waals surface area contributed by atoms with Gasteiger partial charge in [-0.3, -0.25) is 9.36 Å². The molecule has 6 rings (SSSR count). The molecule has 0 spiro atoms.